The number of methoxy groups -OCH3 is 2. The van der Waals surface area contributed by atoms with Gasteiger partial charge in [0.05, 0.1) is 12.8 Å². The van der Waals surface area contributed by atoms with Crippen molar-refractivity contribution in [1.82, 2.24) is 10.5 Å². The van der Waals surface area contributed by atoms with E-state index in [-0.39, 0.29) is 12.0 Å². The summed E-state index contributed by atoms with van der Waals surface area (Å²) in [5.41, 5.74) is 2.75. The first-order chi connectivity index (χ1) is 11.6. The van der Waals surface area contributed by atoms with Crippen molar-refractivity contribution in [2.24, 2.45) is 0 Å². The van der Waals surface area contributed by atoms with Gasteiger partial charge in [0.1, 0.15) is 17.6 Å². The van der Waals surface area contributed by atoms with Gasteiger partial charge in [0, 0.05) is 31.2 Å². The van der Waals surface area contributed by atoms with Crippen molar-refractivity contribution in [2.45, 2.75) is 32.8 Å². The number of nitrogens with zero attached hydrogens (tertiary/aromatic N) is 1. The highest BCUT2D eigenvalue weighted by molar-refractivity contribution is 5.76. The van der Waals surface area contributed by atoms with Crippen molar-refractivity contribution >= 4 is 5.91 Å². The Kier molecular flexibility index (Phi) is 6.37. The summed E-state index contributed by atoms with van der Waals surface area (Å²) >= 11 is 0. The molecule has 0 aliphatic rings. The van der Waals surface area contributed by atoms with Crippen molar-refractivity contribution in [3.8, 4) is 5.75 Å². The molecule has 0 fully saturated rings. The predicted octanol–water partition coefficient (Wildman–Crippen LogP) is 2.74. The molecule has 1 heterocycles. The first kappa shape index (κ1) is 18.0. The van der Waals surface area contributed by atoms with Crippen molar-refractivity contribution < 1.29 is 18.8 Å². The van der Waals surface area contributed by atoms with E-state index in [2.05, 4.69) is 10.5 Å². The second kappa shape index (κ2) is 8.49. The number of aromatic nitrogens is 1. The summed E-state index contributed by atoms with van der Waals surface area (Å²) in [6, 6.07) is 7.63. The molecule has 0 aliphatic heterocycles. The highest BCUT2D eigenvalue weighted by Gasteiger charge is 2.17. The highest BCUT2D eigenvalue weighted by Crippen LogP contribution is 2.26. The fourth-order valence-electron chi connectivity index (χ4n) is 2.64. The fraction of sp³-hybridized carbons (Fsp3) is 0.444. The van der Waals surface area contributed by atoms with E-state index >= 15 is 0 Å². The zero-order chi connectivity index (χ0) is 17.5. The zero-order valence-corrected chi connectivity index (χ0v) is 14.6. The fourth-order valence-corrected chi connectivity index (χ4v) is 2.64. The molecule has 2 aromatic rings. The van der Waals surface area contributed by atoms with Crippen molar-refractivity contribution in [3.05, 3.63) is 46.8 Å². The first-order valence-electron chi connectivity index (χ1n) is 7.91. The van der Waals surface area contributed by atoms with Gasteiger partial charge in [0.2, 0.25) is 5.91 Å². The molecule has 1 aromatic carbocycles. The molecular weight excluding hydrogens is 308 g/mol. The maximum atomic E-state index is 12.1. The van der Waals surface area contributed by atoms with Gasteiger partial charge in [-0.25, -0.2) is 0 Å². The van der Waals surface area contributed by atoms with Gasteiger partial charge in [-0.1, -0.05) is 23.4 Å². The molecule has 2 rings (SSSR count). The number of para-hydroxylation sites is 1. The Hall–Kier alpha value is -2.34. The smallest absolute Gasteiger partial charge is 0.220 e. The number of benzene rings is 1. The van der Waals surface area contributed by atoms with E-state index in [1.54, 1.807) is 14.2 Å². The molecule has 0 saturated carbocycles. The van der Waals surface area contributed by atoms with E-state index in [1.807, 2.05) is 38.1 Å². The maximum absolute atomic E-state index is 12.1. The molecule has 1 aromatic heterocycles. The third kappa shape index (κ3) is 4.35. The Bertz CT molecular complexity index is 662. The molecule has 24 heavy (non-hydrogen) atoms. The third-order valence-electron chi connectivity index (χ3n) is 4.04. The van der Waals surface area contributed by atoms with E-state index in [1.165, 1.54) is 0 Å². The van der Waals surface area contributed by atoms with E-state index in [9.17, 15) is 4.79 Å². The van der Waals surface area contributed by atoms with Crippen LogP contribution in [0.15, 0.2) is 28.8 Å². The number of ether oxygens (including phenoxy) is 2. The van der Waals surface area contributed by atoms with Crippen LogP contribution < -0.4 is 10.1 Å². The molecule has 0 bridgehead atoms. The summed E-state index contributed by atoms with van der Waals surface area (Å²) in [6.07, 6.45) is 0.731. The maximum Gasteiger partial charge on any atom is 0.220 e. The van der Waals surface area contributed by atoms with Gasteiger partial charge < -0.3 is 19.3 Å². The van der Waals surface area contributed by atoms with Crippen molar-refractivity contribution in [2.75, 3.05) is 20.8 Å². The lowest BCUT2D eigenvalue weighted by Crippen LogP contribution is -2.29. The normalized spacial score (nSPS) is 12.0. The lowest BCUT2D eigenvalue weighted by molar-refractivity contribution is -0.121. The third-order valence-corrected chi connectivity index (χ3v) is 4.04. The van der Waals surface area contributed by atoms with Crippen LogP contribution in [0.2, 0.25) is 0 Å². The van der Waals surface area contributed by atoms with E-state index in [0.717, 1.165) is 28.3 Å². The molecule has 0 aliphatic carbocycles. The molecule has 0 radical (unpaired) electrons. The average molecular weight is 332 g/mol. The van der Waals surface area contributed by atoms with Crippen LogP contribution in [0.25, 0.3) is 0 Å². The van der Waals surface area contributed by atoms with E-state index < -0.39 is 0 Å². The molecule has 130 valence electrons. The van der Waals surface area contributed by atoms with Crippen LogP contribution in [0.3, 0.4) is 0 Å². The SMILES string of the molecule is COc1ccccc1C(CNC(=O)CCc1c(C)noc1C)OC. The van der Waals surface area contributed by atoms with Crippen LogP contribution in [0.1, 0.15) is 35.1 Å². The molecule has 0 spiro atoms. The van der Waals surface area contributed by atoms with Crippen molar-refractivity contribution in [1.29, 1.82) is 0 Å². The standard InChI is InChI=1S/C18H24N2O4/c1-12-14(13(2)24-20-12)9-10-18(21)19-11-17(23-4)15-7-5-6-8-16(15)22-3/h5-8,17H,9-11H2,1-4H3,(H,19,21). The summed E-state index contributed by atoms with van der Waals surface area (Å²) in [7, 11) is 3.24. The minimum Gasteiger partial charge on any atom is -0.496 e. The Morgan fingerprint density at radius 3 is 2.67 bits per heavy atom. The zero-order valence-electron chi connectivity index (χ0n) is 14.6. The molecule has 6 heteroatoms. The van der Waals surface area contributed by atoms with Crippen LogP contribution >= 0.6 is 0 Å². The number of hydrogen-bond acceptors (Lipinski definition) is 5. The Labute approximate surface area is 142 Å². The second-order valence-electron chi connectivity index (χ2n) is 5.57. The Balaban J connectivity index is 1.90. The minimum atomic E-state index is -0.260. The highest BCUT2D eigenvalue weighted by atomic mass is 16.5. The van der Waals surface area contributed by atoms with Gasteiger partial charge in [-0.2, -0.15) is 0 Å². The summed E-state index contributed by atoms with van der Waals surface area (Å²) in [6.45, 7) is 4.12. The Morgan fingerprint density at radius 2 is 2.04 bits per heavy atom. The minimum absolute atomic E-state index is 0.0352. The summed E-state index contributed by atoms with van der Waals surface area (Å²) < 4.78 is 16.0. The largest absolute Gasteiger partial charge is 0.496 e. The molecule has 1 unspecified atom stereocenters. The lowest BCUT2D eigenvalue weighted by Gasteiger charge is -2.19. The molecule has 1 N–H and O–H groups in total. The Morgan fingerprint density at radius 1 is 1.29 bits per heavy atom. The molecular formula is C18H24N2O4. The van der Waals surface area contributed by atoms with Crippen LogP contribution in [-0.2, 0) is 16.0 Å². The predicted molar refractivity (Wildman–Crippen MR) is 90.1 cm³/mol. The van der Waals surface area contributed by atoms with Gasteiger partial charge >= 0.3 is 0 Å². The number of carbonyl (C=O) groups excluding carboxylic acids is 1. The van der Waals surface area contributed by atoms with Gasteiger partial charge in [-0.15, -0.1) is 0 Å². The van der Waals surface area contributed by atoms with Gasteiger partial charge in [0.15, 0.2) is 0 Å². The molecule has 0 saturated heterocycles. The summed E-state index contributed by atoms with van der Waals surface area (Å²) in [5.74, 6) is 1.48. The second-order valence-corrected chi connectivity index (χ2v) is 5.57. The number of amides is 1. The number of carbonyl (C=O) groups is 1. The summed E-state index contributed by atoms with van der Waals surface area (Å²) in [5, 5.41) is 6.81. The van der Waals surface area contributed by atoms with Gasteiger partial charge in [-0.3, -0.25) is 4.79 Å². The lowest BCUT2D eigenvalue weighted by atomic mass is 10.1. The van der Waals surface area contributed by atoms with E-state index in [4.69, 9.17) is 14.0 Å². The topological polar surface area (TPSA) is 73.6 Å². The van der Waals surface area contributed by atoms with Crippen LogP contribution in [0.4, 0.5) is 0 Å². The molecule has 1 amide bonds. The molecule has 6 nitrogen and oxygen atoms in total. The van der Waals surface area contributed by atoms with Crippen LogP contribution in [-0.4, -0.2) is 31.8 Å². The monoisotopic (exact) mass is 332 g/mol. The summed E-state index contributed by atoms with van der Waals surface area (Å²) in [4.78, 5) is 12.1. The van der Waals surface area contributed by atoms with Crippen LogP contribution in [0.5, 0.6) is 5.75 Å². The van der Waals surface area contributed by atoms with E-state index in [0.29, 0.717) is 19.4 Å². The van der Waals surface area contributed by atoms with Gasteiger partial charge in [0.25, 0.3) is 0 Å². The number of nitrogens with one attached hydrogen (secondary N) is 1. The van der Waals surface area contributed by atoms with Gasteiger partial charge in [-0.05, 0) is 26.3 Å². The quantitative estimate of drug-likeness (QED) is 0.804. The number of rotatable bonds is 8. The average Bonchev–Trinajstić information content (AvgIpc) is 2.92. The molecule has 1 atom stereocenters. The number of aryl methyl sites for hydroxylation is 2. The van der Waals surface area contributed by atoms with Crippen LogP contribution in [0, 0.1) is 13.8 Å². The first-order valence-corrected chi connectivity index (χ1v) is 7.91. The number of hydrogen-bond donors (Lipinski definition) is 1. The van der Waals surface area contributed by atoms with Crippen molar-refractivity contribution in [3.63, 3.8) is 0 Å².